The van der Waals surface area contributed by atoms with Crippen LogP contribution in [-0.2, 0) is 20.7 Å². The van der Waals surface area contributed by atoms with Gasteiger partial charge in [-0.15, -0.1) is 0 Å². The number of anilines is 1. The van der Waals surface area contributed by atoms with E-state index < -0.39 is 0 Å². The molecule has 2 heterocycles. The first kappa shape index (κ1) is 14.9. The number of pyridine rings is 1. The lowest BCUT2D eigenvalue weighted by molar-refractivity contribution is -0.126. The first-order chi connectivity index (χ1) is 9.60. The van der Waals surface area contributed by atoms with Crippen LogP contribution in [-0.4, -0.2) is 36.8 Å². The minimum atomic E-state index is -0.354. The summed E-state index contributed by atoms with van der Waals surface area (Å²) in [5.74, 6) is 0.327. The molecule has 0 bridgehead atoms. The molecule has 20 heavy (non-hydrogen) atoms. The van der Waals surface area contributed by atoms with Crippen molar-refractivity contribution in [3.05, 3.63) is 24.0 Å². The van der Waals surface area contributed by atoms with Gasteiger partial charge in [-0.05, 0) is 31.4 Å². The van der Waals surface area contributed by atoms with E-state index in [0.717, 1.165) is 18.5 Å². The van der Waals surface area contributed by atoms with Gasteiger partial charge in [-0.3, -0.25) is 9.78 Å². The lowest BCUT2D eigenvalue weighted by atomic mass is 10.0. The molecule has 1 aliphatic heterocycles. The fraction of sp³-hybridized carbons (Fsp3) is 0.600. The Labute approximate surface area is 119 Å². The van der Waals surface area contributed by atoms with Gasteiger partial charge in [-0.2, -0.15) is 0 Å². The summed E-state index contributed by atoms with van der Waals surface area (Å²) in [6, 6.07) is 3.76. The van der Waals surface area contributed by atoms with Crippen LogP contribution in [0.15, 0.2) is 18.3 Å². The van der Waals surface area contributed by atoms with E-state index in [2.05, 4.69) is 17.2 Å². The van der Waals surface area contributed by atoms with E-state index in [9.17, 15) is 4.79 Å². The normalized spacial score (nSPS) is 25.6. The average Bonchev–Trinajstić information content (AvgIpc) is 2.78. The molecule has 0 aromatic carbocycles. The molecule has 2 rings (SSSR count). The van der Waals surface area contributed by atoms with E-state index in [1.165, 1.54) is 0 Å². The fourth-order valence-corrected chi connectivity index (χ4v) is 2.22. The molecule has 1 saturated heterocycles. The van der Waals surface area contributed by atoms with Crippen LogP contribution in [0.25, 0.3) is 0 Å². The maximum atomic E-state index is 12.1. The number of ether oxygens (including phenoxy) is 2. The Bertz CT molecular complexity index is 437. The Kier molecular flexibility index (Phi) is 5.09. The number of hydrogen-bond acceptors (Lipinski definition) is 4. The SMILES string of the molecule is COCCc1ccc(NC(=O)C2C[C@H](C)C(C)O2)cn1. The Morgan fingerprint density at radius 2 is 2.30 bits per heavy atom. The minimum Gasteiger partial charge on any atom is -0.384 e. The van der Waals surface area contributed by atoms with Gasteiger partial charge in [-0.25, -0.2) is 0 Å². The second-order valence-electron chi connectivity index (χ2n) is 5.31. The molecule has 1 aromatic heterocycles. The summed E-state index contributed by atoms with van der Waals surface area (Å²) >= 11 is 0. The molecule has 0 radical (unpaired) electrons. The smallest absolute Gasteiger partial charge is 0.253 e. The van der Waals surface area contributed by atoms with Crippen molar-refractivity contribution in [3.63, 3.8) is 0 Å². The highest BCUT2D eigenvalue weighted by atomic mass is 16.5. The predicted molar refractivity (Wildman–Crippen MR) is 76.6 cm³/mol. The van der Waals surface area contributed by atoms with Crippen LogP contribution in [0.2, 0.25) is 0 Å². The predicted octanol–water partition coefficient (Wildman–Crippen LogP) is 2.02. The summed E-state index contributed by atoms with van der Waals surface area (Å²) in [6.07, 6.45) is 3.00. The molecule has 5 nitrogen and oxygen atoms in total. The van der Waals surface area contributed by atoms with E-state index in [1.807, 2.05) is 19.1 Å². The number of carbonyl (C=O) groups is 1. The quantitative estimate of drug-likeness (QED) is 0.895. The van der Waals surface area contributed by atoms with Crippen molar-refractivity contribution < 1.29 is 14.3 Å². The molecule has 0 spiro atoms. The maximum absolute atomic E-state index is 12.1. The molecule has 1 aliphatic rings. The third-order valence-corrected chi connectivity index (χ3v) is 3.71. The van der Waals surface area contributed by atoms with Gasteiger partial charge in [0, 0.05) is 19.2 Å². The summed E-state index contributed by atoms with van der Waals surface area (Å²) in [5.41, 5.74) is 1.65. The number of nitrogens with zero attached hydrogens (tertiary/aromatic N) is 1. The van der Waals surface area contributed by atoms with Gasteiger partial charge in [0.15, 0.2) is 0 Å². The molecule has 1 N–H and O–H groups in total. The first-order valence-electron chi connectivity index (χ1n) is 7.00. The van der Waals surface area contributed by atoms with Crippen molar-refractivity contribution in [2.75, 3.05) is 19.0 Å². The number of carbonyl (C=O) groups excluding carboxylic acids is 1. The molecule has 0 saturated carbocycles. The van der Waals surface area contributed by atoms with Crippen molar-refractivity contribution in [3.8, 4) is 0 Å². The highest BCUT2D eigenvalue weighted by molar-refractivity contribution is 5.94. The third kappa shape index (κ3) is 3.77. The van der Waals surface area contributed by atoms with Crippen molar-refractivity contribution in [2.45, 2.75) is 38.9 Å². The summed E-state index contributed by atoms with van der Waals surface area (Å²) in [5, 5.41) is 2.85. The summed E-state index contributed by atoms with van der Waals surface area (Å²) in [6.45, 7) is 4.75. The standard InChI is InChI=1S/C15H22N2O3/c1-10-8-14(20-11(10)2)15(18)17-13-5-4-12(16-9-13)6-7-19-3/h4-5,9-11,14H,6-8H2,1-3H3,(H,17,18)/t10-,11?,14?/m0/s1. The molecule has 1 amide bonds. The Morgan fingerprint density at radius 3 is 2.85 bits per heavy atom. The molecular formula is C15H22N2O3. The fourth-order valence-electron chi connectivity index (χ4n) is 2.22. The molecule has 110 valence electrons. The summed E-state index contributed by atoms with van der Waals surface area (Å²) in [4.78, 5) is 16.4. The van der Waals surface area contributed by atoms with Crippen molar-refractivity contribution in [1.29, 1.82) is 0 Å². The van der Waals surface area contributed by atoms with Gasteiger partial charge < -0.3 is 14.8 Å². The lowest BCUT2D eigenvalue weighted by Crippen LogP contribution is -2.27. The van der Waals surface area contributed by atoms with E-state index in [4.69, 9.17) is 9.47 Å². The zero-order chi connectivity index (χ0) is 14.5. The number of aromatic nitrogens is 1. The first-order valence-corrected chi connectivity index (χ1v) is 7.00. The van der Waals surface area contributed by atoms with Gasteiger partial charge in [0.25, 0.3) is 5.91 Å². The van der Waals surface area contributed by atoms with Gasteiger partial charge >= 0.3 is 0 Å². The van der Waals surface area contributed by atoms with Crippen LogP contribution >= 0.6 is 0 Å². The van der Waals surface area contributed by atoms with Gasteiger partial charge in [-0.1, -0.05) is 6.92 Å². The largest absolute Gasteiger partial charge is 0.384 e. The topological polar surface area (TPSA) is 60.5 Å². The minimum absolute atomic E-state index is 0.0901. The molecule has 0 aliphatic carbocycles. The van der Waals surface area contributed by atoms with Crippen LogP contribution in [0.1, 0.15) is 26.0 Å². The Hall–Kier alpha value is -1.46. The molecule has 3 atom stereocenters. The number of hydrogen-bond donors (Lipinski definition) is 1. The Balaban J connectivity index is 1.88. The van der Waals surface area contributed by atoms with E-state index in [0.29, 0.717) is 18.2 Å². The second-order valence-corrected chi connectivity index (χ2v) is 5.31. The number of methoxy groups -OCH3 is 1. The summed E-state index contributed by atoms with van der Waals surface area (Å²) < 4.78 is 10.6. The molecule has 2 unspecified atom stereocenters. The maximum Gasteiger partial charge on any atom is 0.253 e. The molecule has 1 fully saturated rings. The Morgan fingerprint density at radius 1 is 1.50 bits per heavy atom. The van der Waals surface area contributed by atoms with Gasteiger partial charge in [0.2, 0.25) is 0 Å². The van der Waals surface area contributed by atoms with Crippen molar-refractivity contribution in [2.24, 2.45) is 5.92 Å². The lowest BCUT2D eigenvalue weighted by Gasteiger charge is -2.11. The van der Waals surface area contributed by atoms with Gasteiger partial charge in [0.05, 0.1) is 24.6 Å². The zero-order valence-electron chi connectivity index (χ0n) is 12.3. The monoisotopic (exact) mass is 278 g/mol. The highest BCUT2D eigenvalue weighted by Gasteiger charge is 2.33. The van der Waals surface area contributed by atoms with E-state index in [-0.39, 0.29) is 18.1 Å². The van der Waals surface area contributed by atoms with E-state index in [1.54, 1.807) is 13.3 Å². The third-order valence-electron chi connectivity index (χ3n) is 3.71. The van der Waals surface area contributed by atoms with Crippen LogP contribution in [0.5, 0.6) is 0 Å². The van der Waals surface area contributed by atoms with Gasteiger partial charge in [0.1, 0.15) is 6.10 Å². The van der Waals surface area contributed by atoms with Crippen molar-refractivity contribution in [1.82, 2.24) is 4.98 Å². The highest BCUT2D eigenvalue weighted by Crippen LogP contribution is 2.26. The molecular weight excluding hydrogens is 256 g/mol. The molecule has 5 heteroatoms. The summed E-state index contributed by atoms with van der Waals surface area (Å²) in [7, 11) is 1.66. The van der Waals surface area contributed by atoms with Crippen LogP contribution in [0.3, 0.4) is 0 Å². The second kappa shape index (κ2) is 6.81. The van der Waals surface area contributed by atoms with Crippen molar-refractivity contribution >= 4 is 11.6 Å². The van der Waals surface area contributed by atoms with Crippen LogP contribution < -0.4 is 5.32 Å². The number of rotatable bonds is 5. The van der Waals surface area contributed by atoms with Crippen LogP contribution in [0.4, 0.5) is 5.69 Å². The van der Waals surface area contributed by atoms with E-state index >= 15 is 0 Å². The average molecular weight is 278 g/mol. The van der Waals surface area contributed by atoms with Crippen LogP contribution in [0, 0.1) is 5.92 Å². The molecule has 1 aromatic rings. The zero-order valence-corrected chi connectivity index (χ0v) is 12.3. The number of nitrogens with one attached hydrogen (secondary N) is 1. The number of amides is 1.